The summed E-state index contributed by atoms with van der Waals surface area (Å²) in [4.78, 5) is 12.2. The van der Waals surface area contributed by atoms with E-state index < -0.39 is 0 Å². The van der Waals surface area contributed by atoms with E-state index in [1.54, 1.807) is 30.3 Å². The lowest BCUT2D eigenvalue weighted by Crippen LogP contribution is -1.97. The molecule has 0 atom stereocenters. The Hall–Kier alpha value is -3.06. The van der Waals surface area contributed by atoms with E-state index >= 15 is 0 Å². The van der Waals surface area contributed by atoms with Crippen molar-refractivity contribution in [3.8, 4) is 17.6 Å². The van der Waals surface area contributed by atoms with E-state index in [1.165, 1.54) is 6.08 Å². The van der Waals surface area contributed by atoms with Crippen LogP contribution < -0.4 is 9.47 Å². The van der Waals surface area contributed by atoms with Gasteiger partial charge in [-0.2, -0.15) is 5.26 Å². The van der Waals surface area contributed by atoms with Crippen molar-refractivity contribution in [2.24, 2.45) is 0 Å². The van der Waals surface area contributed by atoms with Gasteiger partial charge in [-0.1, -0.05) is 18.2 Å². The zero-order valence-corrected chi connectivity index (χ0v) is 12.9. The van der Waals surface area contributed by atoms with E-state index in [-0.39, 0.29) is 12.4 Å². The summed E-state index contributed by atoms with van der Waals surface area (Å²) in [6.07, 6.45) is 3.26. The van der Waals surface area contributed by atoms with E-state index in [0.29, 0.717) is 17.9 Å². The third-order valence-electron chi connectivity index (χ3n) is 3.08. The molecule has 0 saturated heterocycles. The average molecular weight is 307 g/mol. The molecule has 0 aliphatic rings. The van der Waals surface area contributed by atoms with Gasteiger partial charge in [0.15, 0.2) is 12.4 Å². The maximum Gasteiger partial charge on any atom is 0.185 e. The Bertz CT molecular complexity index is 727. The van der Waals surface area contributed by atoms with Crippen LogP contribution in [0.2, 0.25) is 0 Å². The zero-order chi connectivity index (χ0) is 16.5. The monoisotopic (exact) mass is 307 g/mol. The first-order chi connectivity index (χ1) is 11.2. The standard InChI is InChI=1S/C19H17NO3/c1-2-22-19-6-4-3-5-16(19)9-12-18(21)15-7-10-17(11-8-15)23-14-13-20/h3-12H,2,14H2,1H3/b12-9+. The maximum absolute atomic E-state index is 12.2. The Balaban J connectivity index is 2.08. The van der Waals surface area contributed by atoms with Gasteiger partial charge in [0, 0.05) is 11.1 Å². The number of carbonyl (C=O) groups is 1. The summed E-state index contributed by atoms with van der Waals surface area (Å²) in [7, 11) is 0. The third-order valence-corrected chi connectivity index (χ3v) is 3.08. The van der Waals surface area contributed by atoms with Crippen LogP contribution in [0, 0.1) is 11.3 Å². The van der Waals surface area contributed by atoms with Crippen LogP contribution in [0.5, 0.6) is 11.5 Å². The number of carbonyl (C=O) groups excluding carboxylic acids is 1. The molecule has 0 aliphatic carbocycles. The molecule has 23 heavy (non-hydrogen) atoms. The minimum atomic E-state index is -0.108. The highest BCUT2D eigenvalue weighted by molar-refractivity contribution is 6.07. The van der Waals surface area contributed by atoms with Crippen LogP contribution in [0.3, 0.4) is 0 Å². The van der Waals surface area contributed by atoms with Crippen molar-refractivity contribution in [1.29, 1.82) is 5.26 Å². The number of para-hydroxylation sites is 1. The van der Waals surface area contributed by atoms with E-state index in [2.05, 4.69) is 0 Å². The number of allylic oxidation sites excluding steroid dienone is 1. The second-order valence-electron chi connectivity index (χ2n) is 4.64. The Morgan fingerprint density at radius 3 is 2.57 bits per heavy atom. The molecule has 2 aromatic carbocycles. The Morgan fingerprint density at radius 2 is 1.87 bits per heavy atom. The van der Waals surface area contributed by atoms with Gasteiger partial charge >= 0.3 is 0 Å². The third kappa shape index (κ3) is 4.72. The lowest BCUT2D eigenvalue weighted by atomic mass is 10.1. The molecule has 0 amide bonds. The highest BCUT2D eigenvalue weighted by Crippen LogP contribution is 2.20. The van der Waals surface area contributed by atoms with Gasteiger partial charge in [-0.15, -0.1) is 0 Å². The van der Waals surface area contributed by atoms with Crippen molar-refractivity contribution in [2.45, 2.75) is 6.92 Å². The molecule has 0 fully saturated rings. The largest absolute Gasteiger partial charge is 0.493 e. The second-order valence-corrected chi connectivity index (χ2v) is 4.64. The molecule has 4 heteroatoms. The topological polar surface area (TPSA) is 59.3 Å². The normalized spacial score (nSPS) is 10.3. The fraction of sp³-hybridized carbons (Fsp3) is 0.158. The Morgan fingerprint density at radius 1 is 1.13 bits per heavy atom. The number of benzene rings is 2. The first-order valence-electron chi connectivity index (χ1n) is 7.28. The molecular weight excluding hydrogens is 290 g/mol. The SMILES string of the molecule is CCOc1ccccc1/C=C/C(=O)c1ccc(OCC#N)cc1. The number of ether oxygens (including phenoxy) is 2. The highest BCUT2D eigenvalue weighted by atomic mass is 16.5. The minimum Gasteiger partial charge on any atom is -0.493 e. The molecule has 0 bridgehead atoms. The van der Waals surface area contributed by atoms with E-state index in [0.717, 1.165) is 11.3 Å². The quantitative estimate of drug-likeness (QED) is 0.575. The Labute approximate surface area is 135 Å². The van der Waals surface area contributed by atoms with Gasteiger partial charge in [0.05, 0.1) is 6.61 Å². The van der Waals surface area contributed by atoms with Gasteiger partial charge in [-0.25, -0.2) is 0 Å². The molecule has 0 aliphatic heterocycles. The molecule has 2 aromatic rings. The summed E-state index contributed by atoms with van der Waals surface area (Å²) in [6.45, 7) is 2.48. The fourth-order valence-corrected chi connectivity index (χ4v) is 2.00. The predicted molar refractivity (Wildman–Crippen MR) is 88.5 cm³/mol. The summed E-state index contributed by atoms with van der Waals surface area (Å²) in [5, 5.41) is 8.46. The summed E-state index contributed by atoms with van der Waals surface area (Å²) < 4.78 is 10.7. The maximum atomic E-state index is 12.2. The van der Waals surface area contributed by atoms with Crippen molar-refractivity contribution in [2.75, 3.05) is 13.2 Å². The van der Waals surface area contributed by atoms with Crippen molar-refractivity contribution < 1.29 is 14.3 Å². The number of rotatable bonds is 7. The molecule has 0 N–H and O–H groups in total. The van der Waals surface area contributed by atoms with Crippen molar-refractivity contribution >= 4 is 11.9 Å². The molecule has 0 aromatic heterocycles. The van der Waals surface area contributed by atoms with E-state index in [1.807, 2.05) is 37.3 Å². The number of hydrogen-bond acceptors (Lipinski definition) is 4. The summed E-state index contributed by atoms with van der Waals surface area (Å²) >= 11 is 0. The van der Waals surface area contributed by atoms with Gasteiger partial charge in [-0.05, 0) is 49.4 Å². The van der Waals surface area contributed by atoms with Crippen molar-refractivity contribution in [1.82, 2.24) is 0 Å². The Kier molecular flexibility index (Phi) is 5.96. The first kappa shape index (κ1) is 16.3. The number of ketones is 1. The molecular formula is C19H17NO3. The predicted octanol–water partition coefficient (Wildman–Crippen LogP) is 3.88. The molecule has 4 nitrogen and oxygen atoms in total. The van der Waals surface area contributed by atoms with Crippen molar-refractivity contribution in [3.63, 3.8) is 0 Å². The molecule has 2 rings (SSSR count). The van der Waals surface area contributed by atoms with Crippen LogP contribution in [0.25, 0.3) is 6.08 Å². The smallest absolute Gasteiger partial charge is 0.185 e. The van der Waals surface area contributed by atoms with Gasteiger partial charge in [-0.3, -0.25) is 4.79 Å². The van der Waals surface area contributed by atoms with E-state index in [4.69, 9.17) is 14.7 Å². The molecule has 116 valence electrons. The van der Waals surface area contributed by atoms with Crippen molar-refractivity contribution in [3.05, 3.63) is 65.7 Å². The van der Waals surface area contributed by atoms with Gasteiger partial charge in [0.1, 0.15) is 17.6 Å². The number of nitrogens with zero attached hydrogens (tertiary/aromatic N) is 1. The summed E-state index contributed by atoms with van der Waals surface area (Å²) in [5.74, 6) is 1.20. The molecule has 0 radical (unpaired) electrons. The van der Waals surface area contributed by atoms with Crippen LogP contribution in [0.4, 0.5) is 0 Å². The van der Waals surface area contributed by atoms with Crippen LogP contribution in [-0.2, 0) is 0 Å². The van der Waals surface area contributed by atoms with Gasteiger partial charge in [0.2, 0.25) is 0 Å². The highest BCUT2D eigenvalue weighted by Gasteiger charge is 2.04. The van der Waals surface area contributed by atoms with Crippen LogP contribution in [0.1, 0.15) is 22.8 Å². The lowest BCUT2D eigenvalue weighted by Gasteiger charge is -2.06. The molecule has 0 heterocycles. The number of hydrogen-bond donors (Lipinski definition) is 0. The lowest BCUT2D eigenvalue weighted by molar-refractivity contribution is 0.104. The van der Waals surface area contributed by atoms with Crippen LogP contribution in [0.15, 0.2) is 54.6 Å². The van der Waals surface area contributed by atoms with Gasteiger partial charge in [0.25, 0.3) is 0 Å². The van der Waals surface area contributed by atoms with Gasteiger partial charge < -0.3 is 9.47 Å². The minimum absolute atomic E-state index is 0.0125. The summed E-state index contributed by atoms with van der Waals surface area (Å²) in [5.41, 5.74) is 1.41. The first-order valence-corrected chi connectivity index (χ1v) is 7.28. The van der Waals surface area contributed by atoms with Crippen LogP contribution >= 0.6 is 0 Å². The summed E-state index contributed by atoms with van der Waals surface area (Å²) in [6, 6.07) is 16.1. The van der Waals surface area contributed by atoms with Crippen LogP contribution in [-0.4, -0.2) is 19.0 Å². The number of nitriles is 1. The molecule has 0 saturated carbocycles. The fourth-order valence-electron chi connectivity index (χ4n) is 2.00. The molecule has 0 spiro atoms. The molecule has 0 unspecified atom stereocenters. The average Bonchev–Trinajstić information content (AvgIpc) is 2.59. The second kappa shape index (κ2) is 8.40. The van der Waals surface area contributed by atoms with E-state index in [9.17, 15) is 4.79 Å². The zero-order valence-electron chi connectivity index (χ0n) is 12.9.